The van der Waals surface area contributed by atoms with Gasteiger partial charge in [-0.2, -0.15) is 0 Å². The second-order valence-electron chi connectivity index (χ2n) is 13.0. The summed E-state index contributed by atoms with van der Waals surface area (Å²) in [7, 11) is 0. The molecular weight excluding hydrogens is 609 g/mol. The number of nitrogens with zero attached hydrogens (tertiary/aromatic N) is 4. The Hall–Kier alpha value is -6.78. The molecule has 0 saturated carbocycles. The van der Waals surface area contributed by atoms with E-state index in [9.17, 15) is 0 Å². The molecule has 0 amide bonds. The lowest BCUT2D eigenvalue weighted by Gasteiger charge is -2.12. The molecule has 3 heterocycles. The molecule has 8 aromatic carbocycles. The first-order chi connectivity index (χ1) is 24.8. The van der Waals surface area contributed by atoms with E-state index in [1.165, 1.54) is 54.1 Å². The van der Waals surface area contributed by atoms with E-state index in [0.717, 1.165) is 38.9 Å². The Morgan fingerprint density at radius 1 is 0.360 bits per heavy atom. The highest BCUT2D eigenvalue weighted by Crippen LogP contribution is 2.40. The molecule has 11 rings (SSSR count). The van der Waals surface area contributed by atoms with Crippen molar-refractivity contribution in [3.63, 3.8) is 0 Å². The third kappa shape index (κ3) is 3.87. The third-order valence-electron chi connectivity index (χ3n) is 10.3. The highest BCUT2D eigenvalue weighted by atomic mass is 15.2. The standard InChI is InChI=1S/C46H28N4/c1-2-15-33(16-3-1)49-41-24-23-32(27-38(41)44-34-17-7-6-12-29(34)22-25-42(44)49)45-36-19-8-10-20-39(36)47-46(48-45)50-40-21-11-9-18-35(40)37-26-30-13-4-5-14-31(30)28-43(37)50/h1-28H. The number of rotatable bonds is 3. The van der Waals surface area contributed by atoms with E-state index in [0.29, 0.717) is 5.95 Å². The summed E-state index contributed by atoms with van der Waals surface area (Å²) in [6, 6.07) is 60.7. The summed E-state index contributed by atoms with van der Waals surface area (Å²) in [5.74, 6) is 0.664. The summed E-state index contributed by atoms with van der Waals surface area (Å²) in [6.07, 6.45) is 0. The van der Waals surface area contributed by atoms with Crippen molar-refractivity contribution in [3.05, 3.63) is 170 Å². The van der Waals surface area contributed by atoms with Gasteiger partial charge in [0.2, 0.25) is 5.95 Å². The fourth-order valence-corrected chi connectivity index (χ4v) is 8.05. The lowest BCUT2D eigenvalue weighted by Crippen LogP contribution is -2.03. The number of benzene rings is 8. The van der Waals surface area contributed by atoms with Gasteiger partial charge in [-0.15, -0.1) is 0 Å². The number of fused-ring (bicyclic) bond motifs is 10. The molecule has 3 aromatic heterocycles. The normalized spacial score (nSPS) is 12.0. The van der Waals surface area contributed by atoms with Crippen LogP contribution in [0.4, 0.5) is 0 Å². The SMILES string of the molecule is c1ccc(-n2c3ccc(-c4nc(-n5c6ccccc6c6cc7ccccc7cc65)nc5ccccc45)cc3c3c4ccccc4ccc32)cc1. The third-order valence-corrected chi connectivity index (χ3v) is 10.3. The monoisotopic (exact) mass is 636 g/mol. The summed E-state index contributed by atoms with van der Waals surface area (Å²) in [6.45, 7) is 0. The summed E-state index contributed by atoms with van der Waals surface area (Å²) >= 11 is 0. The van der Waals surface area contributed by atoms with Gasteiger partial charge in [0.25, 0.3) is 0 Å². The van der Waals surface area contributed by atoms with E-state index in [2.05, 4.69) is 179 Å². The first-order valence-corrected chi connectivity index (χ1v) is 17.0. The average Bonchev–Trinajstić information content (AvgIpc) is 3.69. The summed E-state index contributed by atoms with van der Waals surface area (Å²) in [5, 5.41) is 10.7. The van der Waals surface area contributed by atoms with Crippen LogP contribution < -0.4 is 0 Å². The van der Waals surface area contributed by atoms with Crippen LogP contribution in [0.15, 0.2) is 170 Å². The first-order valence-electron chi connectivity index (χ1n) is 17.0. The predicted octanol–water partition coefficient (Wildman–Crippen LogP) is 11.8. The Balaban J connectivity index is 1.23. The fraction of sp³-hybridized carbons (Fsp3) is 0. The van der Waals surface area contributed by atoms with Crippen molar-refractivity contribution in [1.29, 1.82) is 0 Å². The Labute approximate surface area is 287 Å². The molecule has 0 spiro atoms. The zero-order valence-electron chi connectivity index (χ0n) is 27.0. The summed E-state index contributed by atoms with van der Waals surface area (Å²) < 4.78 is 4.62. The molecule has 0 N–H and O–H groups in total. The Morgan fingerprint density at radius 2 is 1.02 bits per heavy atom. The Morgan fingerprint density at radius 3 is 1.88 bits per heavy atom. The number of hydrogen-bond donors (Lipinski definition) is 0. The van der Waals surface area contributed by atoms with Crippen molar-refractivity contribution in [3.8, 4) is 22.9 Å². The van der Waals surface area contributed by atoms with Crippen molar-refractivity contribution in [2.75, 3.05) is 0 Å². The molecule has 0 aliphatic rings. The first kappa shape index (κ1) is 27.2. The van der Waals surface area contributed by atoms with Crippen LogP contribution in [0.3, 0.4) is 0 Å². The van der Waals surface area contributed by atoms with Crippen molar-refractivity contribution >= 4 is 76.1 Å². The van der Waals surface area contributed by atoms with Gasteiger partial charge in [0, 0.05) is 38.2 Å². The summed E-state index contributed by atoms with van der Waals surface area (Å²) in [4.78, 5) is 10.7. The van der Waals surface area contributed by atoms with E-state index in [1.807, 2.05) is 0 Å². The molecule has 0 aliphatic heterocycles. The molecular formula is C46H28N4. The molecule has 0 fully saturated rings. The van der Waals surface area contributed by atoms with Gasteiger partial charge >= 0.3 is 0 Å². The van der Waals surface area contributed by atoms with E-state index >= 15 is 0 Å². The lowest BCUT2D eigenvalue weighted by atomic mass is 10.0. The van der Waals surface area contributed by atoms with Gasteiger partial charge in [-0.25, -0.2) is 9.97 Å². The molecule has 0 unspecified atom stereocenters. The maximum atomic E-state index is 5.45. The van der Waals surface area contributed by atoms with E-state index in [1.54, 1.807) is 0 Å². The quantitative estimate of drug-likeness (QED) is 0.193. The van der Waals surface area contributed by atoms with Crippen molar-refractivity contribution in [2.45, 2.75) is 0 Å². The largest absolute Gasteiger partial charge is 0.309 e. The maximum Gasteiger partial charge on any atom is 0.235 e. The van der Waals surface area contributed by atoms with Crippen LogP contribution in [-0.2, 0) is 0 Å². The minimum atomic E-state index is 0.664. The van der Waals surface area contributed by atoms with Crippen molar-refractivity contribution < 1.29 is 0 Å². The molecule has 232 valence electrons. The van der Waals surface area contributed by atoms with E-state index in [-0.39, 0.29) is 0 Å². The number of para-hydroxylation sites is 3. The van der Waals surface area contributed by atoms with Crippen LogP contribution in [-0.4, -0.2) is 19.1 Å². The smallest absolute Gasteiger partial charge is 0.235 e. The second kappa shape index (κ2) is 10.4. The van der Waals surface area contributed by atoms with Gasteiger partial charge in [-0.1, -0.05) is 115 Å². The Kier molecular flexibility index (Phi) is 5.63. The highest BCUT2D eigenvalue weighted by Gasteiger charge is 2.20. The minimum absolute atomic E-state index is 0.664. The Bertz CT molecular complexity index is 3150. The van der Waals surface area contributed by atoms with Gasteiger partial charge in [-0.05, 0) is 76.1 Å². The van der Waals surface area contributed by atoms with Crippen LogP contribution in [0.1, 0.15) is 0 Å². The van der Waals surface area contributed by atoms with Crippen LogP contribution in [0.25, 0.3) is 99.0 Å². The molecule has 0 radical (unpaired) electrons. The number of hydrogen-bond acceptors (Lipinski definition) is 2. The van der Waals surface area contributed by atoms with Gasteiger partial charge in [-0.3, -0.25) is 4.57 Å². The second-order valence-corrected chi connectivity index (χ2v) is 13.0. The van der Waals surface area contributed by atoms with Gasteiger partial charge < -0.3 is 4.57 Å². The molecule has 4 heteroatoms. The molecule has 0 bridgehead atoms. The topological polar surface area (TPSA) is 35.6 Å². The molecule has 0 aliphatic carbocycles. The molecule has 11 aromatic rings. The molecule has 50 heavy (non-hydrogen) atoms. The van der Waals surface area contributed by atoms with Crippen molar-refractivity contribution in [1.82, 2.24) is 19.1 Å². The van der Waals surface area contributed by atoms with Gasteiger partial charge in [0.1, 0.15) is 0 Å². The van der Waals surface area contributed by atoms with Crippen LogP contribution >= 0.6 is 0 Å². The number of aromatic nitrogens is 4. The van der Waals surface area contributed by atoms with E-state index in [4.69, 9.17) is 9.97 Å². The summed E-state index contributed by atoms with van der Waals surface area (Å²) in [5.41, 5.74) is 8.57. The van der Waals surface area contributed by atoms with Crippen LogP contribution in [0, 0.1) is 0 Å². The van der Waals surface area contributed by atoms with Gasteiger partial charge in [0.15, 0.2) is 0 Å². The molecule has 0 atom stereocenters. The maximum absolute atomic E-state index is 5.45. The minimum Gasteiger partial charge on any atom is -0.309 e. The van der Waals surface area contributed by atoms with Crippen molar-refractivity contribution in [2.24, 2.45) is 0 Å². The molecule has 4 nitrogen and oxygen atoms in total. The van der Waals surface area contributed by atoms with Gasteiger partial charge in [0.05, 0.1) is 33.3 Å². The highest BCUT2D eigenvalue weighted by molar-refractivity contribution is 6.22. The molecule has 0 saturated heterocycles. The zero-order valence-corrected chi connectivity index (χ0v) is 27.0. The predicted molar refractivity (Wildman–Crippen MR) is 209 cm³/mol. The lowest BCUT2D eigenvalue weighted by molar-refractivity contribution is 1.01. The van der Waals surface area contributed by atoms with Crippen LogP contribution in [0.2, 0.25) is 0 Å². The van der Waals surface area contributed by atoms with Crippen LogP contribution in [0.5, 0.6) is 0 Å². The fourth-order valence-electron chi connectivity index (χ4n) is 8.05. The van der Waals surface area contributed by atoms with E-state index < -0.39 is 0 Å². The zero-order chi connectivity index (χ0) is 32.8. The average molecular weight is 637 g/mol.